The topological polar surface area (TPSA) is 35.5 Å². The van der Waals surface area contributed by atoms with Gasteiger partial charge < -0.3 is 8.85 Å². The summed E-state index contributed by atoms with van der Waals surface area (Å²) < 4.78 is 11.6. The lowest BCUT2D eigenvalue weighted by Crippen LogP contribution is -2.35. The molecule has 0 heterocycles. The summed E-state index contributed by atoms with van der Waals surface area (Å²) in [7, 11) is -3.53. The Morgan fingerprint density at radius 1 is 1.06 bits per heavy atom. The van der Waals surface area contributed by atoms with Crippen molar-refractivity contribution in [3.63, 3.8) is 0 Å². The zero-order valence-electron chi connectivity index (χ0n) is 13.1. The Balaban J connectivity index is 4.90. The fourth-order valence-corrected chi connectivity index (χ4v) is 3.25. The van der Waals surface area contributed by atoms with Gasteiger partial charge in [-0.2, -0.15) is 0 Å². The summed E-state index contributed by atoms with van der Waals surface area (Å²) >= 11 is 0. The first-order valence-electron chi connectivity index (χ1n) is 6.58. The number of allylic oxidation sites excluding steroid dienone is 1. The highest BCUT2D eigenvalue weighted by Gasteiger charge is 2.31. The maximum atomic E-state index is 12.2. The molecule has 1 atom stereocenters. The van der Waals surface area contributed by atoms with Crippen molar-refractivity contribution in [1.29, 1.82) is 0 Å². The molecule has 106 valence electrons. The van der Waals surface area contributed by atoms with Gasteiger partial charge in [0.15, 0.2) is 0 Å². The van der Waals surface area contributed by atoms with Crippen LogP contribution in [0.3, 0.4) is 0 Å². The number of rotatable bonds is 6. The third-order valence-electron chi connectivity index (χ3n) is 2.15. The van der Waals surface area contributed by atoms with Crippen molar-refractivity contribution in [3.8, 4) is 0 Å². The van der Waals surface area contributed by atoms with Crippen LogP contribution in [0.15, 0.2) is 11.8 Å². The molecule has 0 aliphatic rings. The van der Waals surface area contributed by atoms with Crippen molar-refractivity contribution < 1.29 is 13.6 Å². The average Bonchev–Trinajstić information content (AvgIpc) is 2.12. The molecule has 18 heavy (non-hydrogen) atoms. The van der Waals surface area contributed by atoms with E-state index < -0.39 is 16.6 Å². The molecule has 0 fully saturated rings. The van der Waals surface area contributed by atoms with Crippen LogP contribution in [0.25, 0.3) is 0 Å². The minimum atomic E-state index is -1.84. The summed E-state index contributed by atoms with van der Waals surface area (Å²) in [5.74, 6) is 0.386. The zero-order valence-corrected chi connectivity index (χ0v) is 15.1. The van der Waals surface area contributed by atoms with E-state index in [1.165, 1.54) is 0 Å². The van der Waals surface area contributed by atoms with Gasteiger partial charge in [0.1, 0.15) is 5.92 Å². The first-order valence-corrected chi connectivity index (χ1v) is 13.4. The van der Waals surface area contributed by atoms with E-state index in [0.717, 1.165) is 5.76 Å². The summed E-state index contributed by atoms with van der Waals surface area (Å²) in [6, 6.07) is 0. The Kier molecular flexibility index (Phi) is 6.36. The van der Waals surface area contributed by atoms with Gasteiger partial charge in [-0.3, -0.25) is 4.79 Å². The van der Waals surface area contributed by atoms with Crippen LogP contribution in [0.4, 0.5) is 0 Å². The van der Waals surface area contributed by atoms with Crippen LogP contribution in [0.1, 0.15) is 20.3 Å². The molecule has 0 aromatic rings. The second-order valence-electron chi connectivity index (χ2n) is 6.40. The molecule has 0 aliphatic heterocycles. The van der Waals surface area contributed by atoms with Gasteiger partial charge in [-0.1, -0.05) is 13.0 Å². The minimum Gasteiger partial charge on any atom is -0.547 e. The van der Waals surface area contributed by atoms with Crippen LogP contribution in [-0.2, 0) is 13.6 Å². The quantitative estimate of drug-likeness (QED) is 0.544. The minimum absolute atomic E-state index is 0.136. The van der Waals surface area contributed by atoms with E-state index in [9.17, 15) is 4.79 Å². The lowest BCUT2D eigenvalue weighted by Gasteiger charge is -2.28. The summed E-state index contributed by atoms with van der Waals surface area (Å²) in [6.45, 7) is 16.3. The maximum absolute atomic E-state index is 12.2. The highest BCUT2D eigenvalue weighted by molar-refractivity contribution is 6.71. The Morgan fingerprint density at radius 2 is 1.50 bits per heavy atom. The van der Waals surface area contributed by atoms with Gasteiger partial charge in [-0.15, -0.1) is 0 Å². The van der Waals surface area contributed by atoms with E-state index in [1.54, 1.807) is 0 Å². The van der Waals surface area contributed by atoms with Gasteiger partial charge >= 0.3 is 5.97 Å². The van der Waals surface area contributed by atoms with Crippen molar-refractivity contribution in [3.05, 3.63) is 11.8 Å². The van der Waals surface area contributed by atoms with E-state index in [2.05, 4.69) is 19.6 Å². The smallest absolute Gasteiger partial charge is 0.303 e. The number of hydrogen-bond donors (Lipinski definition) is 0. The number of carbonyl (C=O) groups excluding carboxylic acids is 1. The molecular weight excluding hydrogens is 260 g/mol. The molecule has 0 amide bonds. The Morgan fingerprint density at radius 3 is 1.78 bits per heavy atom. The third-order valence-corrected chi connectivity index (χ3v) is 3.81. The van der Waals surface area contributed by atoms with Crippen LogP contribution >= 0.6 is 0 Å². The SMILES string of the molecule is C/C=C(/O[Si](C)(C)C)C(CC)C(=O)O[Si](C)(C)C. The van der Waals surface area contributed by atoms with Crippen molar-refractivity contribution in [2.24, 2.45) is 5.92 Å². The Hall–Kier alpha value is -0.556. The lowest BCUT2D eigenvalue weighted by molar-refractivity contribution is -0.139. The molecule has 0 bridgehead atoms. The normalized spacial score (nSPS) is 15.2. The Bertz CT molecular complexity index is 311. The second kappa shape index (κ2) is 6.56. The molecule has 5 heteroatoms. The molecule has 3 nitrogen and oxygen atoms in total. The van der Waals surface area contributed by atoms with Gasteiger partial charge in [0.2, 0.25) is 16.6 Å². The average molecular weight is 289 g/mol. The standard InChI is InChI=1S/C13H28O3Si2/c1-9-11(13(14)16-18(6,7)8)12(10-2)15-17(3,4)5/h10-11H,9H2,1-8H3/b12-10+. The van der Waals surface area contributed by atoms with Gasteiger partial charge in [0, 0.05) is 0 Å². The van der Waals surface area contributed by atoms with Crippen LogP contribution in [0, 0.1) is 5.92 Å². The first-order chi connectivity index (χ1) is 8.00. The maximum Gasteiger partial charge on any atom is 0.303 e. The van der Waals surface area contributed by atoms with E-state index >= 15 is 0 Å². The van der Waals surface area contributed by atoms with Crippen LogP contribution in [0.2, 0.25) is 39.3 Å². The van der Waals surface area contributed by atoms with Crippen LogP contribution in [0.5, 0.6) is 0 Å². The van der Waals surface area contributed by atoms with E-state index in [0.29, 0.717) is 6.42 Å². The van der Waals surface area contributed by atoms with E-state index in [-0.39, 0.29) is 11.9 Å². The fourth-order valence-electron chi connectivity index (χ4n) is 1.54. The van der Waals surface area contributed by atoms with Crippen LogP contribution in [-0.4, -0.2) is 22.6 Å². The predicted octanol–water partition coefficient (Wildman–Crippen LogP) is 4.15. The number of hydrogen-bond acceptors (Lipinski definition) is 3. The summed E-state index contributed by atoms with van der Waals surface area (Å²) in [5, 5.41) is 0. The highest BCUT2D eigenvalue weighted by atomic mass is 28.4. The van der Waals surface area contributed by atoms with Crippen LogP contribution < -0.4 is 0 Å². The molecule has 0 saturated carbocycles. The second-order valence-corrected chi connectivity index (χ2v) is 15.3. The van der Waals surface area contributed by atoms with Gasteiger partial charge in [0.25, 0.3) is 0 Å². The lowest BCUT2D eigenvalue weighted by atomic mass is 10.0. The molecule has 0 spiro atoms. The summed E-state index contributed by atoms with van der Waals surface area (Å²) in [4.78, 5) is 12.2. The zero-order chi connectivity index (χ0) is 14.6. The molecule has 0 saturated heterocycles. The van der Waals surface area contributed by atoms with Crippen molar-refractivity contribution in [2.45, 2.75) is 59.6 Å². The molecular formula is C13H28O3Si2. The fraction of sp³-hybridized carbons (Fsp3) is 0.769. The molecule has 0 N–H and O–H groups in total. The first kappa shape index (κ1) is 17.4. The van der Waals surface area contributed by atoms with E-state index in [1.807, 2.05) is 39.6 Å². The molecule has 1 unspecified atom stereocenters. The summed E-state index contributed by atoms with van der Waals surface area (Å²) in [6.07, 6.45) is 2.62. The van der Waals surface area contributed by atoms with Crippen molar-refractivity contribution in [2.75, 3.05) is 0 Å². The predicted molar refractivity (Wildman–Crippen MR) is 81.4 cm³/mol. The summed E-state index contributed by atoms with van der Waals surface area (Å²) in [5.41, 5.74) is 0. The van der Waals surface area contributed by atoms with Gasteiger partial charge in [-0.05, 0) is 52.6 Å². The largest absolute Gasteiger partial charge is 0.547 e. The number of carbonyl (C=O) groups is 1. The van der Waals surface area contributed by atoms with Gasteiger partial charge in [0.05, 0.1) is 5.76 Å². The van der Waals surface area contributed by atoms with Crippen molar-refractivity contribution >= 4 is 22.6 Å². The Labute approximate surface area is 114 Å². The molecule has 0 radical (unpaired) electrons. The van der Waals surface area contributed by atoms with Crippen molar-refractivity contribution in [1.82, 2.24) is 0 Å². The molecule has 0 aromatic heterocycles. The molecule has 0 rings (SSSR count). The van der Waals surface area contributed by atoms with E-state index in [4.69, 9.17) is 8.85 Å². The molecule has 0 aromatic carbocycles. The third kappa shape index (κ3) is 7.01. The highest BCUT2D eigenvalue weighted by Crippen LogP contribution is 2.23. The monoisotopic (exact) mass is 288 g/mol. The van der Waals surface area contributed by atoms with Gasteiger partial charge in [-0.25, -0.2) is 0 Å². The molecule has 0 aliphatic carbocycles.